The average molecular weight is 191 g/mol. The molecule has 1 aromatic rings. The van der Waals surface area contributed by atoms with Gasteiger partial charge in [0.1, 0.15) is 0 Å². The van der Waals surface area contributed by atoms with Crippen molar-refractivity contribution in [1.82, 2.24) is 0 Å². The SMILES string of the molecule is Cc1cccc(N[C@@H]2CCO[C@@H]2C)c1. The zero-order valence-corrected chi connectivity index (χ0v) is 8.79. The van der Waals surface area contributed by atoms with Gasteiger partial charge in [-0.05, 0) is 38.0 Å². The number of aryl methyl sites for hydroxylation is 1. The molecule has 0 saturated carbocycles. The highest BCUT2D eigenvalue weighted by atomic mass is 16.5. The van der Waals surface area contributed by atoms with E-state index in [0.29, 0.717) is 12.1 Å². The van der Waals surface area contributed by atoms with Crippen molar-refractivity contribution in [2.45, 2.75) is 32.4 Å². The maximum atomic E-state index is 5.51. The Morgan fingerprint density at radius 3 is 2.93 bits per heavy atom. The number of benzene rings is 1. The van der Waals surface area contributed by atoms with E-state index < -0.39 is 0 Å². The van der Waals surface area contributed by atoms with Crippen LogP contribution < -0.4 is 5.32 Å². The van der Waals surface area contributed by atoms with Crippen LogP contribution in [0.3, 0.4) is 0 Å². The van der Waals surface area contributed by atoms with Gasteiger partial charge in [-0.2, -0.15) is 0 Å². The first-order chi connectivity index (χ1) is 6.75. The Morgan fingerprint density at radius 1 is 1.43 bits per heavy atom. The van der Waals surface area contributed by atoms with Crippen molar-refractivity contribution in [3.05, 3.63) is 29.8 Å². The van der Waals surface area contributed by atoms with Crippen LogP contribution in [0.4, 0.5) is 5.69 Å². The highest BCUT2D eigenvalue weighted by molar-refractivity contribution is 5.46. The zero-order chi connectivity index (χ0) is 9.97. The van der Waals surface area contributed by atoms with Gasteiger partial charge in [0.05, 0.1) is 12.1 Å². The molecule has 2 nitrogen and oxygen atoms in total. The van der Waals surface area contributed by atoms with E-state index in [4.69, 9.17) is 4.74 Å². The monoisotopic (exact) mass is 191 g/mol. The first-order valence-electron chi connectivity index (χ1n) is 5.20. The molecule has 1 saturated heterocycles. The van der Waals surface area contributed by atoms with Gasteiger partial charge in [0, 0.05) is 12.3 Å². The van der Waals surface area contributed by atoms with E-state index in [-0.39, 0.29) is 0 Å². The molecule has 0 radical (unpaired) electrons. The van der Waals surface area contributed by atoms with Gasteiger partial charge in [-0.1, -0.05) is 12.1 Å². The standard InChI is InChI=1S/C12H17NO/c1-9-4-3-5-11(8-9)13-12-6-7-14-10(12)2/h3-5,8,10,12-13H,6-7H2,1-2H3/t10-,12-/m1/s1. The second-order valence-corrected chi connectivity index (χ2v) is 3.98. The molecule has 1 N–H and O–H groups in total. The van der Waals surface area contributed by atoms with Gasteiger partial charge >= 0.3 is 0 Å². The van der Waals surface area contributed by atoms with Gasteiger partial charge in [-0.3, -0.25) is 0 Å². The zero-order valence-electron chi connectivity index (χ0n) is 8.79. The van der Waals surface area contributed by atoms with Crippen molar-refractivity contribution in [3.63, 3.8) is 0 Å². The fourth-order valence-electron chi connectivity index (χ4n) is 1.87. The number of nitrogens with one attached hydrogen (secondary N) is 1. The van der Waals surface area contributed by atoms with Crippen LogP contribution in [0.25, 0.3) is 0 Å². The molecule has 2 heteroatoms. The van der Waals surface area contributed by atoms with E-state index in [1.165, 1.54) is 11.3 Å². The molecule has 76 valence electrons. The van der Waals surface area contributed by atoms with Crippen LogP contribution in [-0.2, 0) is 4.74 Å². The summed E-state index contributed by atoms with van der Waals surface area (Å²) < 4.78 is 5.51. The summed E-state index contributed by atoms with van der Waals surface area (Å²) in [6.45, 7) is 5.12. The summed E-state index contributed by atoms with van der Waals surface area (Å²) in [7, 11) is 0. The van der Waals surface area contributed by atoms with E-state index in [1.54, 1.807) is 0 Å². The normalized spacial score (nSPS) is 26.4. The van der Waals surface area contributed by atoms with E-state index in [9.17, 15) is 0 Å². The van der Waals surface area contributed by atoms with Crippen molar-refractivity contribution in [2.75, 3.05) is 11.9 Å². The number of rotatable bonds is 2. The molecule has 0 aliphatic carbocycles. The lowest BCUT2D eigenvalue weighted by Crippen LogP contribution is -2.26. The summed E-state index contributed by atoms with van der Waals surface area (Å²) in [6.07, 6.45) is 1.44. The minimum absolute atomic E-state index is 0.329. The molecule has 1 aromatic carbocycles. The summed E-state index contributed by atoms with van der Waals surface area (Å²) >= 11 is 0. The lowest BCUT2D eigenvalue weighted by Gasteiger charge is -2.17. The van der Waals surface area contributed by atoms with Crippen molar-refractivity contribution in [2.24, 2.45) is 0 Å². The third-order valence-electron chi connectivity index (χ3n) is 2.75. The topological polar surface area (TPSA) is 21.3 Å². The first-order valence-corrected chi connectivity index (χ1v) is 5.20. The summed E-state index contributed by atoms with van der Waals surface area (Å²) in [5, 5.41) is 3.51. The van der Waals surface area contributed by atoms with E-state index in [2.05, 4.69) is 43.4 Å². The predicted octanol–water partition coefficient (Wildman–Crippen LogP) is 2.58. The minimum atomic E-state index is 0.329. The molecule has 0 unspecified atom stereocenters. The van der Waals surface area contributed by atoms with Crippen molar-refractivity contribution in [3.8, 4) is 0 Å². The molecule has 2 rings (SSSR count). The first kappa shape index (κ1) is 9.53. The van der Waals surface area contributed by atoms with Crippen LogP contribution in [0.1, 0.15) is 18.9 Å². The molecule has 0 aromatic heterocycles. The van der Waals surface area contributed by atoms with Crippen LogP contribution in [0, 0.1) is 6.92 Å². The van der Waals surface area contributed by atoms with Crippen molar-refractivity contribution >= 4 is 5.69 Å². The summed E-state index contributed by atoms with van der Waals surface area (Å²) in [4.78, 5) is 0. The van der Waals surface area contributed by atoms with E-state index in [0.717, 1.165) is 13.0 Å². The molecule has 0 bridgehead atoms. The Morgan fingerprint density at radius 2 is 2.29 bits per heavy atom. The van der Waals surface area contributed by atoms with Gasteiger partial charge in [0.15, 0.2) is 0 Å². The Hall–Kier alpha value is -1.02. The molecular formula is C12H17NO. The number of hydrogen-bond acceptors (Lipinski definition) is 2. The lowest BCUT2D eigenvalue weighted by molar-refractivity contribution is 0.121. The molecule has 14 heavy (non-hydrogen) atoms. The molecule has 2 atom stereocenters. The number of anilines is 1. The third-order valence-corrected chi connectivity index (χ3v) is 2.75. The van der Waals surface area contributed by atoms with Crippen LogP contribution in [0.2, 0.25) is 0 Å². The number of hydrogen-bond donors (Lipinski definition) is 1. The molecule has 1 fully saturated rings. The quantitative estimate of drug-likeness (QED) is 0.775. The maximum Gasteiger partial charge on any atom is 0.0748 e. The van der Waals surface area contributed by atoms with Crippen molar-refractivity contribution < 1.29 is 4.74 Å². The molecule has 1 aliphatic heterocycles. The van der Waals surface area contributed by atoms with Crippen LogP contribution in [0.5, 0.6) is 0 Å². The molecule has 0 spiro atoms. The second kappa shape index (κ2) is 4.01. The fraction of sp³-hybridized carbons (Fsp3) is 0.500. The largest absolute Gasteiger partial charge is 0.380 e. The highest BCUT2D eigenvalue weighted by Crippen LogP contribution is 2.19. The Labute approximate surface area is 85.3 Å². The van der Waals surface area contributed by atoms with Crippen LogP contribution in [0.15, 0.2) is 24.3 Å². The Kier molecular flexibility index (Phi) is 2.73. The maximum absolute atomic E-state index is 5.51. The molecular weight excluding hydrogens is 174 g/mol. The predicted molar refractivity (Wildman–Crippen MR) is 58.6 cm³/mol. The van der Waals surface area contributed by atoms with E-state index in [1.807, 2.05) is 0 Å². The average Bonchev–Trinajstić information content (AvgIpc) is 2.52. The minimum Gasteiger partial charge on any atom is -0.380 e. The third kappa shape index (κ3) is 2.07. The van der Waals surface area contributed by atoms with Crippen molar-refractivity contribution in [1.29, 1.82) is 0 Å². The smallest absolute Gasteiger partial charge is 0.0748 e. The van der Waals surface area contributed by atoms with Gasteiger partial charge in [-0.25, -0.2) is 0 Å². The summed E-state index contributed by atoms with van der Waals surface area (Å²) in [6, 6.07) is 8.94. The molecule has 1 aliphatic rings. The van der Waals surface area contributed by atoms with Gasteiger partial charge in [0.25, 0.3) is 0 Å². The lowest BCUT2D eigenvalue weighted by atomic mass is 10.1. The molecule has 1 heterocycles. The summed E-state index contributed by atoms with van der Waals surface area (Å²) in [5.41, 5.74) is 2.49. The Balaban J connectivity index is 2.03. The van der Waals surface area contributed by atoms with Gasteiger partial charge < -0.3 is 10.1 Å². The van der Waals surface area contributed by atoms with Crippen LogP contribution >= 0.6 is 0 Å². The van der Waals surface area contributed by atoms with E-state index >= 15 is 0 Å². The van der Waals surface area contributed by atoms with Gasteiger partial charge in [0.2, 0.25) is 0 Å². The van der Waals surface area contributed by atoms with Crippen LogP contribution in [-0.4, -0.2) is 18.8 Å². The second-order valence-electron chi connectivity index (χ2n) is 3.98. The Bertz CT molecular complexity index is 311. The number of ether oxygens (including phenoxy) is 1. The fourth-order valence-corrected chi connectivity index (χ4v) is 1.87. The molecule has 0 amide bonds. The highest BCUT2D eigenvalue weighted by Gasteiger charge is 2.23. The summed E-state index contributed by atoms with van der Waals surface area (Å²) in [5.74, 6) is 0. The van der Waals surface area contributed by atoms with Gasteiger partial charge in [-0.15, -0.1) is 0 Å².